The third kappa shape index (κ3) is 2.73. The van der Waals surface area contributed by atoms with Gasteiger partial charge in [-0.1, -0.05) is 40.7 Å². The summed E-state index contributed by atoms with van der Waals surface area (Å²) < 4.78 is 10.6. The molecule has 0 aromatic heterocycles. The minimum atomic E-state index is -0.0383. The van der Waals surface area contributed by atoms with E-state index in [1.165, 1.54) is 12.8 Å². The topological polar surface area (TPSA) is 35.5 Å². The van der Waals surface area contributed by atoms with E-state index in [-0.39, 0.29) is 12.2 Å². The van der Waals surface area contributed by atoms with E-state index in [0.717, 1.165) is 23.5 Å². The van der Waals surface area contributed by atoms with Gasteiger partial charge < -0.3 is 9.47 Å². The lowest BCUT2D eigenvalue weighted by Crippen LogP contribution is -2.17. The Bertz CT molecular complexity index is 546. The number of Topliss-reactive ketones (excluding diaryl/α,β-unsaturated/α-hetero) is 1. The third-order valence-corrected chi connectivity index (χ3v) is 5.01. The molecule has 1 heterocycles. The Labute approximate surface area is 134 Å². The molecule has 2 fully saturated rings. The number of rotatable bonds is 3. The Morgan fingerprint density at radius 2 is 1.73 bits per heavy atom. The summed E-state index contributed by atoms with van der Waals surface area (Å²) in [6.45, 7) is 10.4. The van der Waals surface area contributed by atoms with Crippen LogP contribution in [0.4, 0.5) is 0 Å². The largest absolute Gasteiger partial charge is 0.454 e. The predicted molar refractivity (Wildman–Crippen MR) is 88.4 cm³/mol. The van der Waals surface area contributed by atoms with Crippen molar-refractivity contribution in [1.82, 2.24) is 0 Å². The molecule has 4 rings (SSSR count). The molecule has 1 aromatic rings. The molecule has 3 nitrogen and oxygen atoms in total. The third-order valence-electron chi connectivity index (χ3n) is 5.01. The maximum absolute atomic E-state index is 12.4. The van der Waals surface area contributed by atoms with Crippen molar-refractivity contribution < 1.29 is 14.3 Å². The van der Waals surface area contributed by atoms with Crippen LogP contribution in [0.25, 0.3) is 0 Å². The van der Waals surface area contributed by atoms with Crippen LogP contribution in [0.1, 0.15) is 59.4 Å². The highest BCUT2D eigenvalue weighted by Gasteiger charge is 2.73. The highest BCUT2D eigenvalue weighted by Crippen LogP contribution is 2.78. The summed E-state index contributed by atoms with van der Waals surface area (Å²) in [6, 6.07) is 5.80. The van der Waals surface area contributed by atoms with Crippen molar-refractivity contribution in [3.63, 3.8) is 0 Å². The van der Waals surface area contributed by atoms with Crippen LogP contribution in [0.15, 0.2) is 18.2 Å². The Balaban J connectivity index is 0.000000410. The molecular weight excluding hydrogens is 276 g/mol. The quantitative estimate of drug-likeness (QED) is 0.807. The molecule has 1 unspecified atom stereocenters. The van der Waals surface area contributed by atoms with Crippen LogP contribution >= 0.6 is 0 Å². The molecule has 0 N–H and O–H groups in total. The van der Waals surface area contributed by atoms with Crippen molar-refractivity contribution in [3.8, 4) is 11.5 Å². The fraction of sp³-hybridized carbons (Fsp3) is 0.632. The van der Waals surface area contributed by atoms with Gasteiger partial charge in [0.2, 0.25) is 6.79 Å². The van der Waals surface area contributed by atoms with E-state index in [1.54, 1.807) is 0 Å². The highest BCUT2D eigenvalue weighted by molar-refractivity contribution is 5.91. The van der Waals surface area contributed by atoms with E-state index in [0.29, 0.717) is 17.6 Å². The lowest BCUT2D eigenvalue weighted by atomic mass is 9.93. The summed E-state index contributed by atoms with van der Waals surface area (Å²) >= 11 is 0. The number of ether oxygens (including phenoxy) is 2. The molecule has 1 spiro atoms. The first kappa shape index (κ1) is 16.9. The summed E-state index contributed by atoms with van der Waals surface area (Å²) in [4.78, 5) is 12.4. The smallest absolute Gasteiger partial charge is 0.231 e. The molecule has 0 bridgehead atoms. The molecule has 2 aliphatic carbocycles. The van der Waals surface area contributed by atoms with Crippen molar-refractivity contribution in [2.24, 2.45) is 10.8 Å². The van der Waals surface area contributed by atoms with Gasteiger partial charge in [-0.25, -0.2) is 0 Å². The fourth-order valence-corrected chi connectivity index (χ4v) is 3.34. The van der Waals surface area contributed by atoms with Gasteiger partial charge in [-0.15, -0.1) is 0 Å². The average molecular weight is 304 g/mol. The second-order valence-electron chi connectivity index (χ2n) is 6.08. The molecular formula is C19H28O3. The van der Waals surface area contributed by atoms with Crippen molar-refractivity contribution in [2.45, 2.75) is 60.3 Å². The Hall–Kier alpha value is -1.51. The fourth-order valence-electron chi connectivity index (χ4n) is 3.34. The summed E-state index contributed by atoms with van der Waals surface area (Å²) in [5.41, 5.74) is 1.40. The van der Waals surface area contributed by atoms with Gasteiger partial charge in [-0.05, 0) is 42.4 Å². The molecule has 0 amide bonds. The molecule has 2 saturated carbocycles. The molecule has 1 aromatic carbocycles. The van der Waals surface area contributed by atoms with E-state index in [4.69, 9.17) is 9.47 Å². The van der Waals surface area contributed by atoms with Crippen LogP contribution in [-0.2, 0) is 11.2 Å². The number of ketones is 1. The summed E-state index contributed by atoms with van der Waals surface area (Å²) in [5, 5.41) is 0. The SMILES string of the molecule is CC.CC.CC1(C(=O)Cc2ccc3c(c2)OCO3)CC12CC2. The van der Waals surface area contributed by atoms with Gasteiger partial charge in [-0.2, -0.15) is 0 Å². The van der Waals surface area contributed by atoms with Crippen LogP contribution in [0.2, 0.25) is 0 Å². The monoisotopic (exact) mass is 304 g/mol. The second-order valence-corrected chi connectivity index (χ2v) is 6.08. The van der Waals surface area contributed by atoms with Gasteiger partial charge in [-0.3, -0.25) is 4.79 Å². The molecule has 122 valence electrons. The van der Waals surface area contributed by atoms with Crippen LogP contribution in [-0.4, -0.2) is 12.6 Å². The van der Waals surface area contributed by atoms with Gasteiger partial charge in [0.1, 0.15) is 5.78 Å². The number of hydrogen-bond acceptors (Lipinski definition) is 3. The van der Waals surface area contributed by atoms with Crippen LogP contribution in [0, 0.1) is 10.8 Å². The maximum atomic E-state index is 12.4. The van der Waals surface area contributed by atoms with Gasteiger partial charge >= 0.3 is 0 Å². The minimum Gasteiger partial charge on any atom is -0.454 e. The van der Waals surface area contributed by atoms with E-state index in [1.807, 2.05) is 45.9 Å². The molecule has 1 atom stereocenters. The van der Waals surface area contributed by atoms with E-state index in [2.05, 4.69) is 6.92 Å². The van der Waals surface area contributed by atoms with Crippen molar-refractivity contribution in [1.29, 1.82) is 0 Å². The first-order chi connectivity index (χ1) is 10.6. The maximum Gasteiger partial charge on any atom is 0.231 e. The second kappa shape index (κ2) is 6.31. The zero-order valence-electron chi connectivity index (χ0n) is 14.5. The Morgan fingerprint density at radius 3 is 2.32 bits per heavy atom. The lowest BCUT2D eigenvalue weighted by molar-refractivity contribution is -0.123. The number of hydrogen-bond donors (Lipinski definition) is 0. The zero-order valence-corrected chi connectivity index (χ0v) is 14.5. The average Bonchev–Trinajstić information content (AvgIpc) is 3.39. The van der Waals surface area contributed by atoms with E-state index >= 15 is 0 Å². The molecule has 0 radical (unpaired) electrons. The lowest BCUT2D eigenvalue weighted by Gasteiger charge is -2.09. The number of fused-ring (bicyclic) bond motifs is 1. The summed E-state index contributed by atoms with van der Waals surface area (Å²) in [7, 11) is 0. The highest BCUT2D eigenvalue weighted by atomic mass is 16.7. The first-order valence-electron chi connectivity index (χ1n) is 8.55. The zero-order chi connectivity index (χ0) is 16.4. The van der Waals surface area contributed by atoms with E-state index < -0.39 is 0 Å². The predicted octanol–water partition coefficient (Wildman–Crippen LogP) is 4.77. The summed E-state index contributed by atoms with van der Waals surface area (Å²) in [5.74, 6) is 1.93. The van der Waals surface area contributed by atoms with Crippen LogP contribution < -0.4 is 9.47 Å². The number of benzene rings is 1. The number of carbonyl (C=O) groups is 1. The summed E-state index contributed by atoms with van der Waals surface area (Å²) in [6.07, 6.45) is 4.12. The van der Waals surface area contributed by atoms with E-state index in [9.17, 15) is 4.79 Å². The Morgan fingerprint density at radius 1 is 1.09 bits per heavy atom. The van der Waals surface area contributed by atoms with Crippen LogP contribution in [0.5, 0.6) is 11.5 Å². The van der Waals surface area contributed by atoms with Gasteiger partial charge in [0.05, 0.1) is 0 Å². The van der Waals surface area contributed by atoms with Gasteiger partial charge in [0, 0.05) is 11.8 Å². The van der Waals surface area contributed by atoms with Crippen molar-refractivity contribution in [3.05, 3.63) is 23.8 Å². The first-order valence-corrected chi connectivity index (χ1v) is 8.55. The molecule has 1 aliphatic heterocycles. The molecule has 0 saturated heterocycles. The van der Waals surface area contributed by atoms with Gasteiger partial charge in [0.25, 0.3) is 0 Å². The normalized spacial score (nSPS) is 24.6. The van der Waals surface area contributed by atoms with Gasteiger partial charge in [0.15, 0.2) is 11.5 Å². The molecule has 3 heteroatoms. The molecule has 3 aliphatic rings. The van der Waals surface area contributed by atoms with Crippen LogP contribution in [0.3, 0.4) is 0 Å². The van der Waals surface area contributed by atoms with Crippen molar-refractivity contribution in [2.75, 3.05) is 6.79 Å². The minimum absolute atomic E-state index is 0.0383. The Kier molecular flexibility index (Phi) is 4.84. The standard InChI is InChI=1S/C15H16O3.2C2H6/c1-14(8-15(14)4-5-15)13(16)7-10-2-3-11-12(6-10)18-9-17-11;2*1-2/h2-3,6H,4-5,7-9H2,1H3;2*1-2H3. The number of carbonyl (C=O) groups excluding carboxylic acids is 1. The van der Waals surface area contributed by atoms with Crippen molar-refractivity contribution >= 4 is 5.78 Å². The molecule has 22 heavy (non-hydrogen) atoms.